The second kappa shape index (κ2) is 11.9. The van der Waals surface area contributed by atoms with Crippen LogP contribution in [0.15, 0.2) is 85.5 Å². The van der Waals surface area contributed by atoms with Gasteiger partial charge >= 0.3 is 0 Å². The number of halogens is 1. The van der Waals surface area contributed by atoms with E-state index < -0.39 is 0 Å². The van der Waals surface area contributed by atoms with Crippen LogP contribution in [0.4, 0.5) is 15.8 Å². The summed E-state index contributed by atoms with van der Waals surface area (Å²) < 4.78 is 20.0. The minimum atomic E-state index is -0.323. The number of nitrogens with one attached hydrogen (secondary N) is 1. The fraction of sp³-hybridized carbons (Fsp3) is 0.267. The third-order valence-corrected chi connectivity index (χ3v) is 5.88. The lowest BCUT2D eigenvalue weighted by molar-refractivity contribution is 0.362. The Hall–Kier alpha value is -3.51. The predicted octanol–water partition coefficient (Wildman–Crippen LogP) is 7.83. The molecule has 0 spiro atoms. The first kappa shape index (κ1) is 24.1. The molecular weight excluding hydrogens is 409 g/mol. The smallest absolute Gasteiger partial charge is 0.146 e. The fourth-order valence-corrected chi connectivity index (χ4v) is 4.19. The molecule has 3 rings (SSSR count). The van der Waals surface area contributed by atoms with Crippen LogP contribution < -0.4 is 10.1 Å². The maximum Gasteiger partial charge on any atom is 0.146 e. The minimum Gasteiger partial charge on any atom is -0.490 e. The van der Waals surface area contributed by atoms with E-state index in [1.54, 1.807) is 6.08 Å². The quantitative estimate of drug-likeness (QED) is 0.228. The Morgan fingerprint density at radius 2 is 1.82 bits per heavy atom. The summed E-state index contributed by atoms with van der Waals surface area (Å²) in [7, 11) is 0. The lowest BCUT2D eigenvalue weighted by Gasteiger charge is -2.29. The van der Waals surface area contributed by atoms with Crippen LogP contribution in [-0.4, -0.2) is 6.61 Å². The average molecular weight is 442 g/mol. The average Bonchev–Trinajstić information content (AvgIpc) is 2.85. The summed E-state index contributed by atoms with van der Waals surface area (Å²) in [6.45, 7) is 6.33. The number of benzene rings is 3. The van der Waals surface area contributed by atoms with Crippen molar-refractivity contribution in [1.82, 2.24) is 0 Å². The van der Waals surface area contributed by atoms with Gasteiger partial charge in [0.2, 0.25) is 0 Å². The molecular formula is C30H32FNO. The maximum absolute atomic E-state index is 14.3. The van der Waals surface area contributed by atoms with Gasteiger partial charge in [0.05, 0.1) is 11.1 Å². The molecule has 0 aliphatic heterocycles. The standard InChI is InChI=1S/C30H32FNO/c1-4-20-30(6-3,25-15-17-27(18-16-25)33-22-5-2)21-10-11-24-14-19-28(31)29(23-24)32-26-12-8-7-9-13-26/h3,5,7-9,12-19,23,32H,2,4,10-11,20-22H2,1H3. The van der Waals surface area contributed by atoms with Crippen LogP contribution in [-0.2, 0) is 11.8 Å². The van der Waals surface area contributed by atoms with Crippen LogP contribution in [0.2, 0.25) is 0 Å². The molecule has 1 unspecified atom stereocenters. The number of aryl methyl sites for hydroxylation is 1. The third kappa shape index (κ3) is 6.49. The SMILES string of the molecule is C#CC(CCC)(CCCc1ccc(F)c(Nc2ccccc2)c1)c1ccc(OCC=C)cc1. The first-order valence-electron chi connectivity index (χ1n) is 11.5. The molecule has 0 aliphatic carbocycles. The van der Waals surface area contributed by atoms with Gasteiger partial charge < -0.3 is 10.1 Å². The van der Waals surface area contributed by atoms with Crippen molar-refractivity contribution in [3.05, 3.63) is 102 Å². The summed E-state index contributed by atoms with van der Waals surface area (Å²) in [4.78, 5) is 0. The molecule has 3 aromatic carbocycles. The van der Waals surface area contributed by atoms with Gasteiger partial charge in [-0.3, -0.25) is 0 Å². The van der Waals surface area contributed by atoms with Gasteiger partial charge in [0.25, 0.3) is 0 Å². The Bertz CT molecular complexity index is 1070. The lowest BCUT2D eigenvalue weighted by atomic mass is 9.73. The third-order valence-electron chi connectivity index (χ3n) is 5.88. The van der Waals surface area contributed by atoms with Crippen molar-refractivity contribution in [2.45, 2.75) is 44.4 Å². The highest BCUT2D eigenvalue weighted by Crippen LogP contribution is 2.35. The van der Waals surface area contributed by atoms with Crippen molar-refractivity contribution in [2.75, 3.05) is 11.9 Å². The van der Waals surface area contributed by atoms with Crippen molar-refractivity contribution in [2.24, 2.45) is 0 Å². The van der Waals surface area contributed by atoms with E-state index in [4.69, 9.17) is 11.2 Å². The molecule has 0 saturated carbocycles. The summed E-state index contributed by atoms with van der Waals surface area (Å²) in [5.41, 5.74) is 3.26. The molecule has 0 aromatic heterocycles. The molecule has 170 valence electrons. The molecule has 0 fully saturated rings. The Labute approximate surface area is 197 Å². The van der Waals surface area contributed by atoms with E-state index >= 15 is 0 Å². The second-order valence-corrected chi connectivity index (χ2v) is 8.26. The Morgan fingerprint density at radius 1 is 1.06 bits per heavy atom. The topological polar surface area (TPSA) is 21.3 Å². The van der Waals surface area contributed by atoms with E-state index in [-0.39, 0.29) is 11.2 Å². The molecule has 2 nitrogen and oxygen atoms in total. The summed E-state index contributed by atoms with van der Waals surface area (Å²) in [5, 5.41) is 3.17. The van der Waals surface area contributed by atoms with Crippen LogP contribution in [0.1, 0.15) is 43.7 Å². The van der Waals surface area contributed by atoms with Gasteiger partial charge in [0.1, 0.15) is 18.2 Å². The summed E-state index contributed by atoms with van der Waals surface area (Å²) in [6, 6.07) is 23.0. The van der Waals surface area contributed by atoms with Crippen molar-refractivity contribution in [3.8, 4) is 18.1 Å². The van der Waals surface area contributed by atoms with Gasteiger partial charge in [0.15, 0.2) is 0 Å². The predicted molar refractivity (Wildman–Crippen MR) is 137 cm³/mol. The van der Waals surface area contributed by atoms with E-state index in [1.807, 2.05) is 54.6 Å². The largest absolute Gasteiger partial charge is 0.490 e. The van der Waals surface area contributed by atoms with Crippen molar-refractivity contribution in [1.29, 1.82) is 0 Å². The van der Waals surface area contributed by atoms with Gasteiger partial charge in [-0.05, 0) is 73.2 Å². The van der Waals surface area contributed by atoms with Gasteiger partial charge in [-0.2, -0.15) is 0 Å². The molecule has 0 saturated heterocycles. The molecule has 3 heteroatoms. The summed E-state index contributed by atoms with van der Waals surface area (Å²) >= 11 is 0. The molecule has 0 bridgehead atoms. The molecule has 0 heterocycles. The number of hydrogen-bond acceptors (Lipinski definition) is 2. The Morgan fingerprint density at radius 3 is 2.48 bits per heavy atom. The number of anilines is 2. The van der Waals surface area contributed by atoms with Crippen LogP contribution >= 0.6 is 0 Å². The molecule has 1 atom stereocenters. The van der Waals surface area contributed by atoms with E-state index in [2.05, 4.69) is 36.9 Å². The van der Waals surface area contributed by atoms with Gasteiger partial charge in [0, 0.05) is 5.69 Å². The first-order valence-corrected chi connectivity index (χ1v) is 11.5. The highest BCUT2D eigenvalue weighted by Gasteiger charge is 2.28. The summed E-state index contributed by atoms with van der Waals surface area (Å²) in [6.07, 6.45) is 12.4. The van der Waals surface area contributed by atoms with E-state index in [0.717, 1.165) is 54.7 Å². The van der Waals surface area contributed by atoms with Crippen LogP contribution in [0, 0.1) is 18.2 Å². The monoisotopic (exact) mass is 441 g/mol. The number of terminal acetylenes is 1. The molecule has 0 aliphatic rings. The molecule has 33 heavy (non-hydrogen) atoms. The van der Waals surface area contributed by atoms with Crippen LogP contribution in [0.25, 0.3) is 0 Å². The Balaban J connectivity index is 1.70. The summed E-state index contributed by atoms with van der Waals surface area (Å²) in [5.74, 6) is 3.66. The highest BCUT2D eigenvalue weighted by atomic mass is 19.1. The zero-order chi connectivity index (χ0) is 23.5. The van der Waals surface area contributed by atoms with Crippen molar-refractivity contribution in [3.63, 3.8) is 0 Å². The lowest BCUT2D eigenvalue weighted by Crippen LogP contribution is -2.24. The normalized spacial score (nSPS) is 12.4. The van der Waals surface area contributed by atoms with Crippen molar-refractivity contribution >= 4 is 11.4 Å². The van der Waals surface area contributed by atoms with E-state index in [9.17, 15) is 4.39 Å². The molecule has 1 N–H and O–H groups in total. The van der Waals surface area contributed by atoms with Crippen molar-refractivity contribution < 1.29 is 9.13 Å². The first-order chi connectivity index (χ1) is 16.1. The zero-order valence-electron chi connectivity index (χ0n) is 19.3. The molecule has 0 radical (unpaired) electrons. The molecule has 0 amide bonds. The van der Waals surface area contributed by atoms with E-state index in [1.165, 1.54) is 6.07 Å². The Kier molecular flexibility index (Phi) is 8.72. The maximum atomic E-state index is 14.3. The highest BCUT2D eigenvalue weighted by molar-refractivity contribution is 5.60. The number of ether oxygens (including phenoxy) is 1. The van der Waals surface area contributed by atoms with Gasteiger partial charge in [-0.25, -0.2) is 4.39 Å². The number of hydrogen-bond donors (Lipinski definition) is 1. The second-order valence-electron chi connectivity index (χ2n) is 8.26. The minimum absolute atomic E-state index is 0.259. The van der Waals surface area contributed by atoms with Gasteiger partial charge in [-0.15, -0.1) is 6.42 Å². The van der Waals surface area contributed by atoms with Crippen LogP contribution in [0.5, 0.6) is 5.75 Å². The van der Waals surface area contributed by atoms with E-state index in [0.29, 0.717) is 12.3 Å². The number of rotatable bonds is 12. The fourth-order valence-electron chi connectivity index (χ4n) is 4.19. The zero-order valence-corrected chi connectivity index (χ0v) is 19.3. The molecule has 3 aromatic rings. The van der Waals surface area contributed by atoms with Gasteiger partial charge in [-0.1, -0.05) is 68.3 Å². The van der Waals surface area contributed by atoms with Crippen LogP contribution in [0.3, 0.4) is 0 Å². The number of para-hydroxylation sites is 1.